The van der Waals surface area contributed by atoms with E-state index in [0.29, 0.717) is 19.3 Å². The van der Waals surface area contributed by atoms with Crippen molar-refractivity contribution in [1.82, 2.24) is 5.32 Å². The van der Waals surface area contributed by atoms with E-state index < -0.39 is 0 Å². The smallest absolute Gasteiger partial charge is 0.0700 e. The van der Waals surface area contributed by atoms with Crippen molar-refractivity contribution in [1.29, 1.82) is 0 Å². The molecule has 15 heavy (non-hydrogen) atoms. The van der Waals surface area contributed by atoms with Crippen molar-refractivity contribution in [3.8, 4) is 0 Å². The van der Waals surface area contributed by atoms with E-state index in [-0.39, 0.29) is 0 Å². The predicted molar refractivity (Wildman–Crippen MR) is 64.2 cm³/mol. The first-order chi connectivity index (χ1) is 7.22. The molecule has 0 amide bonds. The van der Waals surface area contributed by atoms with E-state index in [9.17, 15) is 0 Å². The van der Waals surface area contributed by atoms with Crippen molar-refractivity contribution >= 4 is 0 Å². The zero-order valence-corrected chi connectivity index (χ0v) is 10.7. The topological polar surface area (TPSA) is 30.5 Å². The summed E-state index contributed by atoms with van der Waals surface area (Å²) in [7, 11) is 1.70. The monoisotopic (exact) mass is 217 g/mol. The van der Waals surface area contributed by atoms with Gasteiger partial charge in [-0.25, -0.2) is 0 Å². The fourth-order valence-corrected chi connectivity index (χ4v) is 1.52. The van der Waals surface area contributed by atoms with Gasteiger partial charge >= 0.3 is 0 Å². The summed E-state index contributed by atoms with van der Waals surface area (Å²) in [5.41, 5.74) is 0. The van der Waals surface area contributed by atoms with Gasteiger partial charge in [0.15, 0.2) is 0 Å². The summed E-state index contributed by atoms with van der Waals surface area (Å²) in [4.78, 5) is 0. The molecule has 0 aliphatic rings. The minimum atomic E-state index is 0.606. The van der Waals surface area contributed by atoms with Gasteiger partial charge in [-0.05, 0) is 32.2 Å². The summed E-state index contributed by atoms with van der Waals surface area (Å²) in [6.45, 7) is 10.0. The highest BCUT2D eigenvalue weighted by Gasteiger charge is 2.09. The third-order valence-corrected chi connectivity index (χ3v) is 2.76. The van der Waals surface area contributed by atoms with Gasteiger partial charge in [-0.3, -0.25) is 0 Å². The molecule has 0 saturated heterocycles. The molecule has 0 bridgehead atoms. The lowest BCUT2D eigenvalue weighted by Gasteiger charge is -2.20. The van der Waals surface area contributed by atoms with Crippen molar-refractivity contribution in [3.05, 3.63) is 0 Å². The summed E-state index contributed by atoms with van der Waals surface area (Å²) in [5, 5.41) is 3.45. The lowest BCUT2D eigenvalue weighted by Crippen LogP contribution is -2.31. The van der Waals surface area contributed by atoms with E-state index in [2.05, 4.69) is 26.1 Å². The van der Waals surface area contributed by atoms with Crippen LogP contribution in [0.4, 0.5) is 0 Å². The first kappa shape index (κ1) is 14.9. The van der Waals surface area contributed by atoms with Gasteiger partial charge in [-0.15, -0.1) is 0 Å². The molecule has 0 aromatic rings. The van der Waals surface area contributed by atoms with Crippen LogP contribution < -0.4 is 5.32 Å². The largest absolute Gasteiger partial charge is 0.382 e. The highest BCUT2D eigenvalue weighted by Crippen LogP contribution is 2.10. The molecule has 0 spiro atoms. The molecule has 2 atom stereocenters. The van der Waals surface area contributed by atoms with E-state index in [0.717, 1.165) is 25.5 Å². The van der Waals surface area contributed by atoms with Crippen LogP contribution in [0, 0.1) is 5.92 Å². The second kappa shape index (κ2) is 10.4. The Bertz CT molecular complexity index is 131. The van der Waals surface area contributed by atoms with Crippen molar-refractivity contribution < 1.29 is 9.47 Å². The van der Waals surface area contributed by atoms with Gasteiger partial charge in [0, 0.05) is 19.8 Å². The minimum Gasteiger partial charge on any atom is -0.382 e. The molecule has 2 unspecified atom stereocenters. The fraction of sp³-hybridized carbons (Fsp3) is 1.00. The van der Waals surface area contributed by atoms with Crippen molar-refractivity contribution in [3.63, 3.8) is 0 Å². The van der Waals surface area contributed by atoms with Crippen LogP contribution in [0.15, 0.2) is 0 Å². The highest BCUT2D eigenvalue weighted by atomic mass is 16.5. The third kappa shape index (κ3) is 8.85. The molecule has 0 aromatic heterocycles. The lowest BCUT2D eigenvalue weighted by molar-refractivity contribution is 0.0669. The van der Waals surface area contributed by atoms with Crippen LogP contribution in [0.3, 0.4) is 0 Å². The third-order valence-electron chi connectivity index (χ3n) is 2.76. The number of ether oxygens (including phenoxy) is 2. The Morgan fingerprint density at radius 1 is 1.13 bits per heavy atom. The number of nitrogens with one attached hydrogen (secondary N) is 1. The van der Waals surface area contributed by atoms with Crippen LogP contribution >= 0.6 is 0 Å². The van der Waals surface area contributed by atoms with Gasteiger partial charge in [0.05, 0.1) is 13.2 Å². The predicted octanol–water partition coefficient (Wildman–Crippen LogP) is 2.06. The van der Waals surface area contributed by atoms with Crippen LogP contribution in [-0.2, 0) is 9.47 Å². The molecule has 0 aliphatic heterocycles. The van der Waals surface area contributed by atoms with Gasteiger partial charge in [0.1, 0.15) is 0 Å². The molecule has 3 heteroatoms. The summed E-state index contributed by atoms with van der Waals surface area (Å²) in [6.07, 6.45) is 2.36. The fourth-order valence-electron chi connectivity index (χ4n) is 1.52. The van der Waals surface area contributed by atoms with Crippen molar-refractivity contribution in [2.75, 3.05) is 33.5 Å². The van der Waals surface area contributed by atoms with Gasteiger partial charge in [-0.1, -0.05) is 13.8 Å². The lowest BCUT2D eigenvalue weighted by atomic mass is 9.98. The number of rotatable bonds is 10. The minimum absolute atomic E-state index is 0.606. The van der Waals surface area contributed by atoms with E-state index in [1.54, 1.807) is 7.11 Å². The Kier molecular flexibility index (Phi) is 10.3. The normalized spacial score (nSPS) is 15.2. The zero-order valence-electron chi connectivity index (χ0n) is 10.7. The number of hydrogen-bond donors (Lipinski definition) is 1. The van der Waals surface area contributed by atoms with E-state index in [1.807, 2.05) is 0 Å². The maximum Gasteiger partial charge on any atom is 0.0700 e. The first-order valence-corrected chi connectivity index (χ1v) is 6.02. The van der Waals surface area contributed by atoms with E-state index in [1.165, 1.54) is 6.42 Å². The second-order valence-electron chi connectivity index (χ2n) is 4.07. The quantitative estimate of drug-likeness (QED) is 0.568. The SMILES string of the molecule is CCNC(C)C(C)CCCOCCOC. The summed E-state index contributed by atoms with van der Waals surface area (Å²) in [5.74, 6) is 0.718. The molecule has 0 aromatic carbocycles. The first-order valence-electron chi connectivity index (χ1n) is 6.02. The van der Waals surface area contributed by atoms with Crippen LogP contribution in [0.2, 0.25) is 0 Å². The number of hydrogen-bond acceptors (Lipinski definition) is 3. The standard InChI is InChI=1S/C12H27NO2/c1-5-13-12(3)11(2)7-6-8-15-10-9-14-4/h11-13H,5-10H2,1-4H3. The highest BCUT2D eigenvalue weighted by molar-refractivity contribution is 4.67. The molecule has 0 aliphatic carbocycles. The molecule has 1 N–H and O–H groups in total. The Labute approximate surface area is 94.5 Å². The molecular formula is C12H27NO2. The molecular weight excluding hydrogens is 190 g/mol. The Balaban J connectivity index is 3.26. The Morgan fingerprint density at radius 3 is 2.47 bits per heavy atom. The Morgan fingerprint density at radius 2 is 1.87 bits per heavy atom. The van der Waals surface area contributed by atoms with E-state index in [4.69, 9.17) is 9.47 Å². The Hall–Kier alpha value is -0.120. The molecule has 3 nitrogen and oxygen atoms in total. The van der Waals surface area contributed by atoms with Gasteiger partial charge in [-0.2, -0.15) is 0 Å². The molecule has 0 rings (SSSR count). The molecule has 0 saturated carbocycles. The summed E-state index contributed by atoms with van der Waals surface area (Å²) in [6, 6.07) is 0.606. The van der Waals surface area contributed by atoms with Crippen LogP contribution in [-0.4, -0.2) is 39.5 Å². The van der Waals surface area contributed by atoms with Gasteiger partial charge < -0.3 is 14.8 Å². The molecule has 0 fully saturated rings. The molecule has 0 heterocycles. The number of methoxy groups -OCH3 is 1. The summed E-state index contributed by atoms with van der Waals surface area (Å²) >= 11 is 0. The summed E-state index contributed by atoms with van der Waals surface area (Å²) < 4.78 is 10.3. The second-order valence-corrected chi connectivity index (χ2v) is 4.07. The van der Waals surface area contributed by atoms with Crippen LogP contribution in [0.25, 0.3) is 0 Å². The van der Waals surface area contributed by atoms with Crippen LogP contribution in [0.5, 0.6) is 0 Å². The maximum absolute atomic E-state index is 5.42. The average molecular weight is 217 g/mol. The zero-order chi connectivity index (χ0) is 11.5. The van der Waals surface area contributed by atoms with Crippen LogP contribution in [0.1, 0.15) is 33.6 Å². The van der Waals surface area contributed by atoms with E-state index >= 15 is 0 Å². The average Bonchev–Trinajstić information content (AvgIpc) is 2.23. The van der Waals surface area contributed by atoms with Gasteiger partial charge in [0.2, 0.25) is 0 Å². The molecule has 0 radical (unpaired) electrons. The van der Waals surface area contributed by atoms with Gasteiger partial charge in [0.25, 0.3) is 0 Å². The maximum atomic E-state index is 5.42. The van der Waals surface area contributed by atoms with Crippen molar-refractivity contribution in [2.24, 2.45) is 5.92 Å². The molecule has 92 valence electrons. The van der Waals surface area contributed by atoms with Crippen molar-refractivity contribution in [2.45, 2.75) is 39.7 Å².